The van der Waals surface area contributed by atoms with E-state index in [9.17, 15) is 4.79 Å². The number of piperidine rings is 1. The van der Waals surface area contributed by atoms with Crippen LogP contribution in [0.5, 0.6) is 0 Å². The molecule has 1 amide bonds. The second-order valence-electron chi connectivity index (χ2n) is 4.43. The molecule has 1 aliphatic heterocycles. The molecule has 3 N–H and O–H groups in total. The molecule has 1 rings (SSSR count). The molecular formula is C12H24N2O3. The summed E-state index contributed by atoms with van der Waals surface area (Å²) in [4.78, 5) is 11.5. The van der Waals surface area contributed by atoms with Crippen molar-refractivity contribution in [1.82, 2.24) is 10.6 Å². The highest BCUT2D eigenvalue weighted by atomic mass is 16.5. The van der Waals surface area contributed by atoms with Gasteiger partial charge in [-0.1, -0.05) is 6.92 Å². The Morgan fingerprint density at radius 1 is 1.53 bits per heavy atom. The maximum absolute atomic E-state index is 11.5. The number of hydrogen-bond donors (Lipinski definition) is 3. The minimum Gasteiger partial charge on any atom is -0.394 e. The lowest BCUT2D eigenvalue weighted by molar-refractivity contribution is -0.123. The fourth-order valence-electron chi connectivity index (χ4n) is 1.86. The monoisotopic (exact) mass is 244 g/mol. The van der Waals surface area contributed by atoms with Gasteiger partial charge in [0, 0.05) is 6.42 Å². The van der Waals surface area contributed by atoms with Crippen molar-refractivity contribution < 1.29 is 14.6 Å². The van der Waals surface area contributed by atoms with E-state index in [-0.39, 0.29) is 18.6 Å². The third kappa shape index (κ3) is 6.00. The minimum absolute atomic E-state index is 0.00259. The number of aliphatic hydroxyl groups excluding tert-OH is 1. The van der Waals surface area contributed by atoms with Crippen LogP contribution in [0.1, 0.15) is 32.6 Å². The third-order valence-corrected chi connectivity index (χ3v) is 3.05. The third-order valence-electron chi connectivity index (χ3n) is 3.05. The predicted molar refractivity (Wildman–Crippen MR) is 65.8 cm³/mol. The van der Waals surface area contributed by atoms with E-state index in [1.807, 2.05) is 6.92 Å². The van der Waals surface area contributed by atoms with Crippen molar-refractivity contribution in [3.63, 3.8) is 0 Å². The molecule has 0 saturated carbocycles. The number of aliphatic hydroxyl groups is 1. The summed E-state index contributed by atoms with van der Waals surface area (Å²) in [6.45, 7) is 4.40. The van der Waals surface area contributed by atoms with Crippen LogP contribution in [0.25, 0.3) is 0 Å². The molecule has 5 nitrogen and oxygen atoms in total. The summed E-state index contributed by atoms with van der Waals surface area (Å²) >= 11 is 0. The van der Waals surface area contributed by atoms with E-state index in [0.29, 0.717) is 19.1 Å². The Hall–Kier alpha value is -0.650. The normalized spacial score (nSPS) is 18.9. The summed E-state index contributed by atoms with van der Waals surface area (Å²) in [6, 6.07) is -0.124. The maximum Gasteiger partial charge on any atom is 0.222 e. The maximum atomic E-state index is 11.5. The first kappa shape index (κ1) is 14.4. The summed E-state index contributed by atoms with van der Waals surface area (Å²) in [5.74, 6) is -0.0418. The molecular weight excluding hydrogens is 220 g/mol. The fourth-order valence-corrected chi connectivity index (χ4v) is 1.86. The Bertz CT molecular complexity index is 214. The summed E-state index contributed by atoms with van der Waals surface area (Å²) in [7, 11) is 0. The first-order valence-corrected chi connectivity index (χ1v) is 6.48. The minimum atomic E-state index is -0.124. The van der Waals surface area contributed by atoms with Crippen molar-refractivity contribution in [2.75, 3.05) is 26.3 Å². The van der Waals surface area contributed by atoms with Crippen LogP contribution in [-0.4, -0.2) is 49.5 Å². The number of amides is 1. The Balaban J connectivity index is 2.06. The molecule has 1 aliphatic rings. The average Bonchev–Trinajstić information content (AvgIpc) is 2.37. The molecule has 0 bridgehead atoms. The van der Waals surface area contributed by atoms with E-state index in [4.69, 9.17) is 9.84 Å². The zero-order chi connectivity index (χ0) is 12.5. The Labute approximate surface area is 103 Å². The number of hydrogen-bond acceptors (Lipinski definition) is 4. The Morgan fingerprint density at radius 2 is 2.24 bits per heavy atom. The molecule has 17 heavy (non-hydrogen) atoms. The number of carbonyl (C=O) groups excluding carboxylic acids is 1. The van der Waals surface area contributed by atoms with Crippen molar-refractivity contribution in [3.8, 4) is 0 Å². The molecule has 0 aliphatic carbocycles. The van der Waals surface area contributed by atoms with Gasteiger partial charge < -0.3 is 20.5 Å². The molecule has 1 saturated heterocycles. The summed E-state index contributed by atoms with van der Waals surface area (Å²) in [6.07, 6.45) is 3.47. The largest absolute Gasteiger partial charge is 0.394 e. The van der Waals surface area contributed by atoms with Gasteiger partial charge >= 0.3 is 0 Å². The summed E-state index contributed by atoms with van der Waals surface area (Å²) < 4.78 is 5.64. The topological polar surface area (TPSA) is 70.6 Å². The molecule has 100 valence electrons. The van der Waals surface area contributed by atoms with Gasteiger partial charge in [0.1, 0.15) is 0 Å². The molecule has 0 aromatic rings. The highest BCUT2D eigenvalue weighted by Crippen LogP contribution is 2.07. The van der Waals surface area contributed by atoms with E-state index in [1.165, 1.54) is 0 Å². The van der Waals surface area contributed by atoms with E-state index >= 15 is 0 Å². The summed E-state index contributed by atoms with van der Waals surface area (Å²) in [5, 5.41) is 15.0. The van der Waals surface area contributed by atoms with Crippen LogP contribution in [0.2, 0.25) is 0 Å². The van der Waals surface area contributed by atoms with Crippen LogP contribution in [-0.2, 0) is 9.53 Å². The highest BCUT2D eigenvalue weighted by molar-refractivity contribution is 5.76. The van der Waals surface area contributed by atoms with Crippen molar-refractivity contribution in [2.45, 2.75) is 44.8 Å². The van der Waals surface area contributed by atoms with Crippen molar-refractivity contribution in [1.29, 1.82) is 0 Å². The van der Waals surface area contributed by atoms with Crippen LogP contribution >= 0.6 is 0 Å². The zero-order valence-corrected chi connectivity index (χ0v) is 10.6. The first-order valence-electron chi connectivity index (χ1n) is 6.48. The first-order chi connectivity index (χ1) is 8.26. The fraction of sp³-hybridized carbons (Fsp3) is 0.917. The van der Waals surface area contributed by atoms with Crippen molar-refractivity contribution >= 4 is 5.91 Å². The van der Waals surface area contributed by atoms with Crippen LogP contribution in [0, 0.1) is 0 Å². The van der Waals surface area contributed by atoms with Crippen LogP contribution in [0.4, 0.5) is 0 Å². The van der Waals surface area contributed by atoms with Gasteiger partial charge in [0.25, 0.3) is 0 Å². The van der Waals surface area contributed by atoms with Gasteiger partial charge in [-0.05, 0) is 32.4 Å². The van der Waals surface area contributed by atoms with Crippen molar-refractivity contribution in [3.05, 3.63) is 0 Å². The Kier molecular flexibility index (Phi) is 7.16. The molecule has 0 aromatic carbocycles. The van der Waals surface area contributed by atoms with Crippen LogP contribution in [0.15, 0.2) is 0 Å². The van der Waals surface area contributed by atoms with Gasteiger partial charge in [0.15, 0.2) is 0 Å². The van der Waals surface area contributed by atoms with E-state index in [2.05, 4.69) is 10.6 Å². The average molecular weight is 244 g/mol. The second-order valence-corrected chi connectivity index (χ2v) is 4.43. The molecule has 1 heterocycles. The number of ether oxygens (including phenoxy) is 1. The highest BCUT2D eigenvalue weighted by Gasteiger charge is 2.14. The second kappa shape index (κ2) is 8.44. The molecule has 0 aromatic heterocycles. The van der Waals surface area contributed by atoms with E-state index in [0.717, 1.165) is 32.4 Å². The van der Waals surface area contributed by atoms with Gasteiger partial charge in [-0.15, -0.1) is 0 Å². The summed E-state index contributed by atoms with van der Waals surface area (Å²) in [5.41, 5.74) is 0. The molecule has 0 unspecified atom stereocenters. The van der Waals surface area contributed by atoms with Gasteiger partial charge in [0.2, 0.25) is 5.91 Å². The van der Waals surface area contributed by atoms with Gasteiger partial charge in [-0.2, -0.15) is 0 Å². The van der Waals surface area contributed by atoms with E-state index in [1.54, 1.807) is 0 Å². The Morgan fingerprint density at radius 3 is 2.82 bits per heavy atom. The standard InChI is InChI=1S/C12H24N2O3/c1-2-10(9-15)14-12(16)5-8-17-11-3-6-13-7-4-11/h10-11,13,15H,2-9H2,1H3,(H,14,16)/t10-/m0/s1. The van der Waals surface area contributed by atoms with Crippen molar-refractivity contribution in [2.24, 2.45) is 0 Å². The van der Waals surface area contributed by atoms with Gasteiger partial charge in [-0.3, -0.25) is 4.79 Å². The smallest absolute Gasteiger partial charge is 0.222 e. The SMILES string of the molecule is CC[C@@H](CO)NC(=O)CCOC1CCNCC1. The van der Waals surface area contributed by atoms with Gasteiger partial charge in [0.05, 0.1) is 25.4 Å². The van der Waals surface area contributed by atoms with E-state index < -0.39 is 0 Å². The zero-order valence-electron chi connectivity index (χ0n) is 10.6. The quantitative estimate of drug-likeness (QED) is 0.591. The lowest BCUT2D eigenvalue weighted by Crippen LogP contribution is -2.38. The lowest BCUT2D eigenvalue weighted by atomic mass is 10.1. The molecule has 0 radical (unpaired) electrons. The number of carbonyl (C=O) groups is 1. The number of rotatable bonds is 7. The molecule has 0 spiro atoms. The molecule has 1 atom stereocenters. The lowest BCUT2D eigenvalue weighted by Gasteiger charge is -2.23. The molecule has 1 fully saturated rings. The van der Waals surface area contributed by atoms with Crippen LogP contribution < -0.4 is 10.6 Å². The van der Waals surface area contributed by atoms with Gasteiger partial charge in [-0.25, -0.2) is 0 Å². The number of nitrogens with one attached hydrogen (secondary N) is 2. The predicted octanol–water partition coefficient (Wildman–Crippen LogP) is 0.0322. The molecule has 5 heteroatoms. The van der Waals surface area contributed by atoms with Crippen LogP contribution in [0.3, 0.4) is 0 Å².